The van der Waals surface area contributed by atoms with Gasteiger partial charge in [-0.05, 0) is 55.4 Å². The number of hydrogen-bond acceptors (Lipinski definition) is 5. The van der Waals surface area contributed by atoms with Crippen LogP contribution >= 0.6 is 23.6 Å². The van der Waals surface area contributed by atoms with Crippen LogP contribution in [0.1, 0.15) is 20.8 Å². The summed E-state index contributed by atoms with van der Waals surface area (Å²) in [4.78, 5) is 13.6. The van der Waals surface area contributed by atoms with Gasteiger partial charge in [0.15, 0.2) is 5.11 Å². The molecule has 3 rings (SSSR count). The van der Waals surface area contributed by atoms with E-state index in [1.807, 2.05) is 62.4 Å². The highest BCUT2D eigenvalue weighted by Gasteiger charge is 2.24. The number of benzene rings is 2. The SMILES string of the molecule is COC(=O)c1c(NC(=S)Nc2ccc(OC)cc2C)sc(C)c1-c1ccccc1. The molecule has 2 aromatic carbocycles. The van der Waals surface area contributed by atoms with Crippen molar-refractivity contribution in [1.82, 2.24) is 0 Å². The molecular formula is C22H22N2O3S2. The summed E-state index contributed by atoms with van der Waals surface area (Å²) in [6.07, 6.45) is 0. The second-order valence-electron chi connectivity index (χ2n) is 6.35. The van der Waals surface area contributed by atoms with Gasteiger partial charge in [0.2, 0.25) is 0 Å². The van der Waals surface area contributed by atoms with E-state index < -0.39 is 5.97 Å². The van der Waals surface area contributed by atoms with Crippen molar-refractivity contribution in [3.63, 3.8) is 0 Å². The second kappa shape index (κ2) is 9.07. The normalized spacial score (nSPS) is 10.3. The van der Waals surface area contributed by atoms with E-state index in [2.05, 4.69) is 10.6 Å². The molecular weight excluding hydrogens is 404 g/mol. The molecule has 0 aliphatic carbocycles. The number of thiophene rings is 1. The van der Waals surface area contributed by atoms with E-state index in [0.717, 1.165) is 33.0 Å². The third-order valence-corrected chi connectivity index (χ3v) is 5.67. The Kier molecular flexibility index (Phi) is 6.51. The fourth-order valence-electron chi connectivity index (χ4n) is 3.04. The fourth-order valence-corrected chi connectivity index (χ4v) is 4.39. The lowest BCUT2D eigenvalue weighted by atomic mass is 10.0. The van der Waals surface area contributed by atoms with Gasteiger partial charge in [-0.15, -0.1) is 11.3 Å². The highest BCUT2D eigenvalue weighted by atomic mass is 32.1. The minimum atomic E-state index is -0.404. The fraction of sp³-hybridized carbons (Fsp3) is 0.182. The van der Waals surface area contributed by atoms with Crippen molar-refractivity contribution >= 4 is 45.3 Å². The number of nitrogens with one attached hydrogen (secondary N) is 2. The number of esters is 1. The van der Waals surface area contributed by atoms with Crippen LogP contribution in [0.15, 0.2) is 48.5 Å². The number of thiocarbonyl (C=S) groups is 1. The maximum Gasteiger partial charge on any atom is 0.341 e. The summed E-state index contributed by atoms with van der Waals surface area (Å²) >= 11 is 6.96. The number of carbonyl (C=O) groups excluding carboxylic acids is 1. The molecule has 0 aliphatic heterocycles. The number of carbonyl (C=O) groups is 1. The van der Waals surface area contributed by atoms with Crippen LogP contribution in [0.4, 0.5) is 10.7 Å². The van der Waals surface area contributed by atoms with Crippen molar-refractivity contribution < 1.29 is 14.3 Å². The number of aryl methyl sites for hydroxylation is 2. The summed E-state index contributed by atoms with van der Waals surface area (Å²) in [5, 5.41) is 7.39. The lowest BCUT2D eigenvalue weighted by Gasteiger charge is -2.13. The largest absolute Gasteiger partial charge is 0.497 e. The summed E-state index contributed by atoms with van der Waals surface area (Å²) in [6.45, 7) is 3.95. The van der Waals surface area contributed by atoms with Crippen molar-refractivity contribution in [2.45, 2.75) is 13.8 Å². The van der Waals surface area contributed by atoms with Crippen LogP contribution in [0, 0.1) is 13.8 Å². The zero-order chi connectivity index (χ0) is 21.0. The molecule has 5 nitrogen and oxygen atoms in total. The Morgan fingerprint density at radius 1 is 1.03 bits per heavy atom. The smallest absolute Gasteiger partial charge is 0.341 e. The molecule has 0 saturated heterocycles. The van der Waals surface area contributed by atoms with Crippen LogP contribution in [0.2, 0.25) is 0 Å². The lowest BCUT2D eigenvalue weighted by Crippen LogP contribution is -2.20. The van der Waals surface area contributed by atoms with Crippen LogP contribution in [0.5, 0.6) is 5.75 Å². The summed E-state index contributed by atoms with van der Waals surface area (Å²) < 4.78 is 10.3. The molecule has 0 radical (unpaired) electrons. The van der Waals surface area contributed by atoms with E-state index in [1.54, 1.807) is 7.11 Å². The predicted octanol–water partition coefficient (Wildman–Crippen LogP) is 5.64. The first-order valence-electron chi connectivity index (χ1n) is 8.94. The van der Waals surface area contributed by atoms with Crippen LogP contribution in [0.25, 0.3) is 11.1 Å². The van der Waals surface area contributed by atoms with Crippen LogP contribution in [-0.4, -0.2) is 25.3 Å². The first kappa shape index (κ1) is 20.8. The van der Waals surface area contributed by atoms with Gasteiger partial charge in [0.1, 0.15) is 16.3 Å². The monoisotopic (exact) mass is 426 g/mol. The van der Waals surface area contributed by atoms with E-state index in [4.69, 9.17) is 21.7 Å². The van der Waals surface area contributed by atoms with Crippen LogP contribution in [0.3, 0.4) is 0 Å². The van der Waals surface area contributed by atoms with E-state index in [9.17, 15) is 4.79 Å². The highest BCUT2D eigenvalue weighted by molar-refractivity contribution is 7.80. The average molecular weight is 427 g/mol. The Labute approximate surface area is 179 Å². The van der Waals surface area contributed by atoms with Crippen LogP contribution < -0.4 is 15.4 Å². The van der Waals surface area contributed by atoms with Gasteiger partial charge in [-0.25, -0.2) is 4.79 Å². The lowest BCUT2D eigenvalue weighted by molar-refractivity contribution is 0.0603. The number of rotatable bonds is 5. The molecule has 0 saturated carbocycles. The zero-order valence-corrected chi connectivity index (χ0v) is 18.3. The van der Waals surface area contributed by atoms with Gasteiger partial charge in [0.25, 0.3) is 0 Å². The van der Waals surface area contributed by atoms with Crippen molar-refractivity contribution in [3.05, 3.63) is 64.5 Å². The van der Waals surface area contributed by atoms with Gasteiger partial charge in [-0.3, -0.25) is 0 Å². The Morgan fingerprint density at radius 3 is 2.38 bits per heavy atom. The average Bonchev–Trinajstić information content (AvgIpc) is 3.04. The minimum absolute atomic E-state index is 0.393. The number of ether oxygens (including phenoxy) is 2. The third kappa shape index (κ3) is 4.58. The Balaban J connectivity index is 1.91. The van der Waals surface area contributed by atoms with E-state index in [-0.39, 0.29) is 0 Å². The number of methoxy groups -OCH3 is 2. The molecule has 29 heavy (non-hydrogen) atoms. The molecule has 0 unspecified atom stereocenters. The predicted molar refractivity (Wildman–Crippen MR) is 123 cm³/mol. The van der Waals surface area contributed by atoms with Gasteiger partial charge in [0, 0.05) is 16.1 Å². The van der Waals surface area contributed by atoms with Crippen molar-refractivity contribution in [1.29, 1.82) is 0 Å². The maximum absolute atomic E-state index is 12.6. The van der Waals surface area contributed by atoms with E-state index in [1.165, 1.54) is 18.4 Å². The highest BCUT2D eigenvalue weighted by Crippen LogP contribution is 2.40. The first-order valence-corrected chi connectivity index (χ1v) is 10.2. The van der Waals surface area contributed by atoms with Gasteiger partial charge in [0.05, 0.1) is 14.2 Å². The number of hydrogen-bond donors (Lipinski definition) is 2. The van der Waals surface area contributed by atoms with Gasteiger partial charge in [-0.2, -0.15) is 0 Å². The van der Waals surface area contributed by atoms with Gasteiger partial charge >= 0.3 is 5.97 Å². The summed E-state index contributed by atoms with van der Waals surface area (Å²) in [6, 6.07) is 15.5. The molecule has 7 heteroatoms. The van der Waals surface area contributed by atoms with Crippen molar-refractivity contribution in [3.8, 4) is 16.9 Å². The molecule has 1 heterocycles. The molecule has 2 N–H and O–H groups in total. The molecule has 0 amide bonds. The Bertz CT molecular complexity index is 1050. The van der Waals surface area contributed by atoms with E-state index in [0.29, 0.717) is 15.7 Å². The maximum atomic E-state index is 12.6. The second-order valence-corrected chi connectivity index (χ2v) is 7.99. The molecule has 3 aromatic rings. The topological polar surface area (TPSA) is 59.6 Å². The van der Waals surface area contributed by atoms with Crippen molar-refractivity contribution in [2.75, 3.05) is 24.9 Å². The van der Waals surface area contributed by atoms with Gasteiger partial charge in [-0.1, -0.05) is 30.3 Å². The molecule has 0 bridgehead atoms. The molecule has 0 aliphatic rings. The zero-order valence-electron chi connectivity index (χ0n) is 16.7. The summed E-state index contributed by atoms with van der Waals surface area (Å²) in [5.41, 5.74) is 4.15. The summed E-state index contributed by atoms with van der Waals surface area (Å²) in [7, 11) is 3.01. The quantitative estimate of drug-likeness (QED) is 0.407. The van der Waals surface area contributed by atoms with Crippen molar-refractivity contribution in [2.24, 2.45) is 0 Å². The first-order chi connectivity index (χ1) is 13.9. The molecule has 0 fully saturated rings. The number of anilines is 2. The van der Waals surface area contributed by atoms with Gasteiger partial charge < -0.3 is 20.1 Å². The van der Waals surface area contributed by atoms with E-state index >= 15 is 0 Å². The summed E-state index contributed by atoms with van der Waals surface area (Å²) in [5.74, 6) is 0.375. The molecule has 1 aromatic heterocycles. The van der Waals surface area contributed by atoms with Crippen LogP contribution in [-0.2, 0) is 4.74 Å². The third-order valence-electron chi connectivity index (χ3n) is 4.45. The standard InChI is InChI=1S/C22H22N2O3S2/c1-13-12-16(26-3)10-11-17(13)23-22(28)24-20-19(21(25)27-4)18(14(2)29-20)15-8-6-5-7-9-15/h5-12H,1-4H3,(H2,23,24,28). The minimum Gasteiger partial charge on any atom is -0.497 e. The Morgan fingerprint density at radius 2 is 1.76 bits per heavy atom. The molecule has 150 valence electrons. The molecule has 0 spiro atoms. The molecule has 0 atom stereocenters. The Hall–Kier alpha value is -2.90.